The van der Waals surface area contributed by atoms with Gasteiger partial charge in [-0.25, -0.2) is 0 Å². The van der Waals surface area contributed by atoms with Crippen molar-refractivity contribution >= 4 is 17.3 Å². The fraction of sp³-hybridized carbons (Fsp3) is 0.533. The van der Waals surface area contributed by atoms with Gasteiger partial charge < -0.3 is 16.8 Å². The summed E-state index contributed by atoms with van der Waals surface area (Å²) in [5.41, 5.74) is 12.9. The minimum absolute atomic E-state index is 0.133. The molecular weight excluding hydrogens is 252 g/mol. The van der Waals surface area contributed by atoms with Gasteiger partial charge in [0, 0.05) is 24.0 Å². The van der Waals surface area contributed by atoms with Gasteiger partial charge in [-0.15, -0.1) is 0 Å². The van der Waals surface area contributed by atoms with E-state index in [2.05, 4.69) is 17.1 Å². The quantitative estimate of drug-likeness (QED) is 0.727. The molecule has 1 aromatic rings. The van der Waals surface area contributed by atoms with E-state index in [9.17, 15) is 4.79 Å². The van der Waals surface area contributed by atoms with Gasteiger partial charge in [0.15, 0.2) is 0 Å². The van der Waals surface area contributed by atoms with Crippen LogP contribution in [0.3, 0.4) is 0 Å². The number of benzene rings is 1. The van der Waals surface area contributed by atoms with Crippen LogP contribution in [0.1, 0.15) is 36.5 Å². The molecule has 1 unspecified atom stereocenters. The van der Waals surface area contributed by atoms with Crippen molar-refractivity contribution in [3.05, 3.63) is 23.8 Å². The summed E-state index contributed by atoms with van der Waals surface area (Å²) in [6.07, 6.45) is 3.82. The highest BCUT2D eigenvalue weighted by Crippen LogP contribution is 2.16. The van der Waals surface area contributed by atoms with Crippen molar-refractivity contribution in [2.24, 2.45) is 0 Å². The fourth-order valence-corrected chi connectivity index (χ4v) is 2.61. The first-order valence-electron chi connectivity index (χ1n) is 7.25. The predicted molar refractivity (Wildman–Crippen MR) is 82.5 cm³/mol. The van der Waals surface area contributed by atoms with E-state index in [1.54, 1.807) is 18.2 Å². The van der Waals surface area contributed by atoms with Crippen LogP contribution in [0.5, 0.6) is 0 Å². The van der Waals surface area contributed by atoms with E-state index in [4.69, 9.17) is 11.5 Å². The maximum absolute atomic E-state index is 12.1. The zero-order valence-electron chi connectivity index (χ0n) is 12.1. The Labute approximate surface area is 120 Å². The number of amides is 1. The Morgan fingerprint density at radius 2 is 2.00 bits per heavy atom. The first kappa shape index (κ1) is 14.7. The van der Waals surface area contributed by atoms with Crippen LogP contribution in [0.4, 0.5) is 11.4 Å². The molecule has 1 aliphatic heterocycles. The first-order chi connectivity index (χ1) is 9.58. The van der Waals surface area contributed by atoms with Crippen LogP contribution in [-0.2, 0) is 0 Å². The minimum atomic E-state index is -0.133. The number of nitrogen functional groups attached to an aromatic ring is 2. The number of nitrogens with zero attached hydrogens (tertiary/aromatic N) is 1. The average molecular weight is 276 g/mol. The zero-order valence-corrected chi connectivity index (χ0v) is 12.1. The topological polar surface area (TPSA) is 84.4 Å². The minimum Gasteiger partial charge on any atom is -0.399 e. The van der Waals surface area contributed by atoms with Crippen molar-refractivity contribution < 1.29 is 4.79 Å². The van der Waals surface area contributed by atoms with Crippen molar-refractivity contribution in [2.45, 2.75) is 32.2 Å². The van der Waals surface area contributed by atoms with Gasteiger partial charge in [0.2, 0.25) is 0 Å². The van der Waals surface area contributed by atoms with Gasteiger partial charge >= 0.3 is 0 Å². The van der Waals surface area contributed by atoms with Crippen molar-refractivity contribution in [3.8, 4) is 0 Å². The van der Waals surface area contributed by atoms with E-state index in [1.807, 2.05) is 0 Å². The van der Waals surface area contributed by atoms with Crippen LogP contribution in [0.25, 0.3) is 0 Å². The molecule has 110 valence electrons. The molecule has 1 saturated heterocycles. The lowest BCUT2D eigenvalue weighted by atomic mass is 10.1. The molecule has 0 bridgehead atoms. The van der Waals surface area contributed by atoms with Crippen LogP contribution in [0.2, 0.25) is 0 Å². The largest absolute Gasteiger partial charge is 0.399 e. The maximum atomic E-state index is 12.1. The Morgan fingerprint density at radius 1 is 1.30 bits per heavy atom. The van der Waals surface area contributed by atoms with E-state index in [-0.39, 0.29) is 5.91 Å². The molecule has 1 aliphatic rings. The molecule has 20 heavy (non-hydrogen) atoms. The fourth-order valence-electron chi connectivity index (χ4n) is 2.61. The van der Waals surface area contributed by atoms with Gasteiger partial charge in [0.25, 0.3) is 5.91 Å². The van der Waals surface area contributed by atoms with E-state index < -0.39 is 0 Å². The highest BCUT2D eigenvalue weighted by atomic mass is 16.1. The molecule has 1 atom stereocenters. The second-order valence-electron chi connectivity index (χ2n) is 5.50. The monoisotopic (exact) mass is 276 g/mol. The SMILES string of the molecule is CC(CNC(=O)c1ccc(N)cc1N)N1CCCCC1. The Hall–Kier alpha value is -1.75. The van der Waals surface area contributed by atoms with E-state index in [1.165, 1.54) is 19.3 Å². The van der Waals surface area contributed by atoms with Crippen LogP contribution in [0, 0.1) is 0 Å². The predicted octanol–water partition coefficient (Wildman–Crippen LogP) is 1.46. The Kier molecular flexibility index (Phi) is 4.84. The smallest absolute Gasteiger partial charge is 0.253 e. The van der Waals surface area contributed by atoms with Gasteiger partial charge in [-0.1, -0.05) is 6.42 Å². The number of carbonyl (C=O) groups excluding carboxylic acids is 1. The Morgan fingerprint density at radius 3 is 2.65 bits per heavy atom. The molecular formula is C15H24N4O. The molecule has 0 spiro atoms. The van der Waals surface area contributed by atoms with Crippen LogP contribution in [-0.4, -0.2) is 36.5 Å². The third-order valence-corrected chi connectivity index (χ3v) is 3.89. The first-order valence-corrected chi connectivity index (χ1v) is 7.25. The zero-order chi connectivity index (χ0) is 14.5. The number of piperidine rings is 1. The van der Waals surface area contributed by atoms with Gasteiger partial charge in [0.05, 0.1) is 5.56 Å². The molecule has 1 heterocycles. The summed E-state index contributed by atoms with van der Waals surface area (Å²) in [6, 6.07) is 5.34. The number of anilines is 2. The maximum Gasteiger partial charge on any atom is 0.253 e. The second kappa shape index (κ2) is 6.61. The molecule has 1 fully saturated rings. The summed E-state index contributed by atoms with van der Waals surface area (Å²) in [4.78, 5) is 14.5. The molecule has 5 N–H and O–H groups in total. The standard InChI is InChI=1S/C15H24N4O/c1-11(19-7-3-2-4-8-19)10-18-15(20)13-6-5-12(16)9-14(13)17/h5-6,9,11H,2-4,7-8,10,16-17H2,1H3,(H,18,20). The van der Waals surface area contributed by atoms with Crippen LogP contribution < -0.4 is 16.8 Å². The van der Waals surface area contributed by atoms with Gasteiger partial charge in [-0.2, -0.15) is 0 Å². The van der Waals surface area contributed by atoms with Gasteiger partial charge in [0.1, 0.15) is 0 Å². The van der Waals surface area contributed by atoms with Crippen molar-refractivity contribution in [2.75, 3.05) is 31.1 Å². The third kappa shape index (κ3) is 3.63. The van der Waals surface area contributed by atoms with Gasteiger partial charge in [-0.3, -0.25) is 9.69 Å². The number of hydrogen-bond donors (Lipinski definition) is 3. The molecule has 0 aromatic heterocycles. The molecule has 0 radical (unpaired) electrons. The van der Waals surface area contributed by atoms with Crippen LogP contribution in [0.15, 0.2) is 18.2 Å². The molecule has 0 aliphatic carbocycles. The molecule has 0 saturated carbocycles. The summed E-state index contributed by atoms with van der Waals surface area (Å²) in [5, 5.41) is 2.95. The number of rotatable bonds is 4. The van der Waals surface area contributed by atoms with Gasteiger partial charge in [-0.05, 0) is 51.1 Å². The number of nitrogens with one attached hydrogen (secondary N) is 1. The average Bonchev–Trinajstić information content (AvgIpc) is 2.45. The molecule has 2 rings (SSSR count). The molecule has 5 heteroatoms. The number of nitrogens with two attached hydrogens (primary N) is 2. The van der Waals surface area contributed by atoms with E-state index in [0.717, 1.165) is 13.1 Å². The van der Waals surface area contributed by atoms with E-state index >= 15 is 0 Å². The summed E-state index contributed by atoms with van der Waals surface area (Å²) in [5.74, 6) is -0.133. The van der Waals surface area contributed by atoms with Crippen molar-refractivity contribution in [1.82, 2.24) is 10.2 Å². The number of carbonyl (C=O) groups is 1. The normalized spacial score (nSPS) is 17.6. The van der Waals surface area contributed by atoms with E-state index in [0.29, 0.717) is 29.5 Å². The summed E-state index contributed by atoms with van der Waals surface area (Å²) in [7, 11) is 0. The highest BCUT2D eigenvalue weighted by Gasteiger charge is 2.18. The Bertz CT molecular complexity index is 469. The molecule has 1 amide bonds. The number of likely N-dealkylation sites (tertiary alicyclic amines) is 1. The van der Waals surface area contributed by atoms with Crippen molar-refractivity contribution in [1.29, 1.82) is 0 Å². The van der Waals surface area contributed by atoms with Crippen LogP contribution >= 0.6 is 0 Å². The Balaban J connectivity index is 1.88. The molecule has 5 nitrogen and oxygen atoms in total. The van der Waals surface area contributed by atoms with Crippen molar-refractivity contribution in [3.63, 3.8) is 0 Å². The highest BCUT2D eigenvalue weighted by molar-refractivity contribution is 5.99. The lowest BCUT2D eigenvalue weighted by Gasteiger charge is -2.32. The summed E-state index contributed by atoms with van der Waals surface area (Å²) < 4.78 is 0. The summed E-state index contributed by atoms with van der Waals surface area (Å²) in [6.45, 7) is 5.04. The molecule has 1 aromatic carbocycles. The summed E-state index contributed by atoms with van der Waals surface area (Å²) >= 11 is 0. The number of hydrogen-bond acceptors (Lipinski definition) is 4. The lowest BCUT2D eigenvalue weighted by Crippen LogP contribution is -2.44. The lowest BCUT2D eigenvalue weighted by molar-refractivity contribution is 0.0931. The second-order valence-corrected chi connectivity index (χ2v) is 5.50. The third-order valence-electron chi connectivity index (χ3n) is 3.89.